The van der Waals surface area contributed by atoms with Gasteiger partial charge < -0.3 is 5.32 Å². The van der Waals surface area contributed by atoms with Crippen molar-refractivity contribution >= 4 is 0 Å². The highest BCUT2D eigenvalue weighted by atomic mass is 15.2. The summed E-state index contributed by atoms with van der Waals surface area (Å²) >= 11 is 0. The maximum absolute atomic E-state index is 3.47. The van der Waals surface area contributed by atoms with Crippen molar-refractivity contribution in [2.75, 3.05) is 14.1 Å². The zero-order chi connectivity index (χ0) is 14.6. The molecule has 19 heavy (non-hydrogen) atoms. The van der Waals surface area contributed by atoms with Crippen LogP contribution in [0.5, 0.6) is 0 Å². The lowest BCUT2D eigenvalue weighted by Crippen LogP contribution is -2.50. The molecule has 0 aliphatic rings. The smallest absolute Gasteiger partial charge is 0.0473 e. The molecule has 0 aliphatic carbocycles. The summed E-state index contributed by atoms with van der Waals surface area (Å²) in [6.07, 6.45) is 1.15. The molecule has 1 rings (SSSR count). The number of nitrogens with zero attached hydrogens (tertiary/aromatic N) is 1. The lowest BCUT2D eigenvalue weighted by molar-refractivity contribution is 0.0850. The fourth-order valence-electron chi connectivity index (χ4n) is 2.48. The van der Waals surface area contributed by atoms with Crippen LogP contribution < -0.4 is 5.32 Å². The van der Waals surface area contributed by atoms with Gasteiger partial charge in [0.2, 0.25) is 0 Å². The predicted molar refractivity (Wildman–Crippen MR) is 84.6 cm³/mol. The van der Waals surface area contributed by atoms with Crippen LogP contribution in [0.3, 0.4) is 0 Å². The summed E-state index contributed by atoms with van der Waals surface area (Å²) in [5.74, 6) is 0. The molecular weight excluding hydrogens is 232 g/mol. The molecule has 0 spiro atoms. The summed E-state index contributed by atoms with van der Waals surface area (Å²) in [4.78, 5) is 2.48. The maximum Gasteiger partial charge on any atom is 0.0473 e. The zero-order valence-corrected chi connectivity index (χ0v) is 13.6. The molecule has 2 atom stereocenters. The Balaban J connectivity index is 2.94. The third-order valence-electron chi connectivity index (χ3n) is 4.66. The monoisotopic (exact) mass is 262 g/mol. The van der Waals surface area contributed by atoms with Crippen LogP contribution >= 0.6 is 0 Å². The van der Waals surface area contributed by atoms with Crippen molar-refractivity contribution in [1.82, 2.24) is 10.2 Å². The van der Waals surface area contributed by atoms with E-state index in [-0.39, 0.29) is 5.54 Å². The van der Waals surface area contributed by atoms with Crippen molar-refractivity contribution in [3.8, 4) is 0 Å². The van der Waals surface area contributed by atoms with Crippen molar-refractivity contribution < 1.29 is 0 Å². The van der Waals surface area contributed by atoms with Gasteiger partial charge in [-0.05, 0) is 53.8 Å². The quantitative estimate of drug-likeness (QED) is 0.839. The van der Waals surface area contributed by atoms with Gasteiger partial charge >= 0.3 is 0 Å². The molecule has 1 aromatic carbocycles. The molecule has 0 aliphatic heterocycles. The molecule has 0 radical (unpaired) electrons. The van der Waals surface area contributed by atoms with Crippen LogP contribution in [0.25, 0.3) is 0 Å². The van der Waals surface area contributed by atoms with E-state index in [1.165, 1.54) is 11.1 Å². The summed E-state index contributed by atoms with van der Waals surface area (Å²) in [5, 5.41) is 3.47. The summed E-state index contributed by atoms with van der Waals surface area (Å²) in [7, 11) is 4.28. The number of rotatable bonds is 6. The molecule has 0 bridgehead atoms. The van der Waals surface area contributed by atoms with Gasteiger partial charge in [0.15, 0.2) is 0 Å². The van der Waals surface area contributed by atoms with Crippen molar-refractivity contribution in [1.29, 1.82) is 0 Å². The Labute approximate surface area is 119 Å². The Morgan fingerprint density at radius 2 is 1.74 bits per heavy atom. The number of aryl methyl sites for hydroxylation is 1. The van der Waals surface area contributed by atoms with Crippen molar-refractivity contribution in [3.63, 3.8) is 0 Å². The average molecular weight is 262 g/mol. The minimum Gasteiger partial charge on any atom is -0.312 e. The molecule has 108 valence electrons. The lowest BCUT2D eigenvalue weighted by Gasteiger charge is -2.42. The van der Waals surface area contributed by atoms with Gasteiger partial charge in [0.05, 0.1) is 0 Å². The van der Waals surface area contributed by atoms with Crippen molar-refractivity contribution in [3.05, 3.63) is 35.4 Å². The minimum absolute atomic E-state index is 0.221. The molecule has 0 saturated heterocycles. The Kier molecular flexibility index (Phi) is 5.57. The van der Waals surface area contributed by atoms with Crippen LogP contribution in [0.15, 0.2) is 24.3 Å². The fraction of sp³-hybridized carbons (Fsp3) is 0.647. The van der Waals surface area contributed by atoms with Gasteiger partial charge in [-0.25, -0.2) is 0 Å². The standard InChI is InChI=1S/C17H30N2/c1-8-17(4,5)19(7)14(3)16(18-6)15-11-9-13(2)10-12-15/h9-12,14,16,18H,8H2,1-7H3. The fourth-order valence-corrected chi connectivity index (χ4v) is 2.48. The first kappa shape index (κ1) is 16.2. The SMILES string of the molecule is CCC(C)(C)N(C)C(C)C(NC)c1ccc(C)cc1. The van der Waals surface area contributed by atoms with Gasteiger partial charge in [0, 0.05) is 17.6 Å². The summed E-state index contributed by atoms with van der Waals surface area (Å²) < 4.78 is 0. The average Bonchev–Trinajstić information content (AvgIpc) is 2.40. The second-order valence-electron chi connectivity index (χ2n) is 6.19. The first-order chi connectivity index (χ1) is 8.83. The van der Waals surface area contributed by atoms with E-state index in [2.05, 4.69) is 76.1 Å². The van der Waals surface area contributed by atoms with E-state index < -0.39 is 0 Å². The van der Waals surface area contributed by atoms with Crippen LogP contribution in [0, 0.1) is 6.92 Å². The van der Waals surface area contributed by atoms with Crippen LogP contribution in [0.2, 0.25) is 0 Å². The number of likely N-dealkylation sites (N-methyl/N-ethyl adjacent to an activating group) is 2. The zero-order valence-electron chi connectivity index (χ0n) is 13.6. The highest BCUT2D eigenvalue weighted by molar-refractivity contribution is 5.25. The highest BCUT2D eigenvalue weighted by Gasteiger charge is 2.30. The Morgan fingerprint density at radius 1 is 1.21 bits per heavy atom. The number of benzene rings is 1. The third-order valence-corrected chi connectivity index (χ3v) is 4.66. The van der Waals surface area contributed by atoms with Crippen LogP contribution in [-0.2, 0) is 0 Å². The summed E-state index contributed by atoms with van der Waals surface area (Å²) in [5.41, 5.74) is 2.90. The topological polar surface area (TPSA) is 15.3 Å². The first-order valence-corrected chi connectivity index (χ1v) is 7.30. The van der Waals surface area contributed by atoms with Crippen LogP contribution in [0.4, 0.5) is 0 Å². The molecule has 0 aromatic heterocycles. The van der Waals surface area contributed by atoms with Crippen molar-refractivity contribution in [2.24, 2.45) is 0 Å². The van der Waals surface area contributed by atoms with Gasteiger partial charge in [-0.3, -0.25) is 4.90 Å². The molecule has 2 heteroatoms. The first-order valence-electron chi connectivity index (χ1n) is 7.30. The number of nitrogens with one attached hydrogen (secondary N) is 1. The molecule has 2 nitrogen and oxygen atoms in total. The Hall–Kier alpha value is -0.860. The van der Waals surface area contributed by atoms with E-state index in [0.717, 1.165) is 6.42 Å². The van der Waals surface area contributed by atoms with E-state index >= 15 is 0 Å². The van der Waals surface area contributed by atoms with Gasteiger partial charge in [-0.15, -0.1) is 0 Å². The van der Waals surface area contributed by atoms with E-state index in [0.29, 0.717) is 12.1 Å². The Morgan fingerprint density at radius 3 is 2.16 bits per heavy atom. The molecule has 1 aromatic rings. The Bertz CT molecular complexity index is 381. The van der Waals surface area contributed by atoms with Crippen molar-refractivity contribution in [2.45, 2.75) is 58.7 Å². The molecule has 0 fully saturated rings. The van der Waals surface area contributed by atoms with Gasteiger partial charge in [-0.1, -0.05) is 36.8 Å². The summed E-state index contributed by atoms with van der Waals surface area (Å²) in [6, 6.07) is 9.66. The van der Waals surface area contributed by atoms with E-state index in [9.17, 15) is 0 Å². The van der Waals surface area contributed by atoms with E-state index in [1.807, 2.05) is 7.05 Å². The normalized spacial score (nSPS) is 15.6. The van der Waals surface area contributed by atoms with E-state index in [4.69, 9.17) is 0 Å². The molecule has 0 heterocycles. The molecule has 2 unspecified atom stereocenters. The van der Waals surface area contributed by atoms with Gasteiger partial charge in [-0.2, -0.15) is 0 Å². The molecule has 1 N–H and O–H groups in total. The van der Waals surface area contributed by atoms with Crippen LogP contribution in [0.1, 0.15) is 51.3 Å². The van der Waals surface area contributed by atoms with E-state index in [1.54, 1.807) is 0 Å². The predicted octanol–water partition coefficient (Wildman–Crippen LogP) is 3.76. The number of hydrogen-bond donors (Lipinski definition) is 1. The number of hydrogen-bond acceptors (Lipinski definition) is 2. The third kappa shape index (κ3) is 3.80. The van der Waals surface area contributed by atoms with Gasteiger partial charge in [0.25, 0.3) is 0 Å². The van der Waals surface area contributed by atoms with Crippen LogP contribution in [-0.4, -0.2) is 30.6 Å². The second-order valence-corrected chi connectivity index (χ2v) is 6.19. The lowest BCUT2D eigenvalue weighted by atomic mass is 9.92. The highest BCUT2D eigenvalue weighted by Crippen LogP contribution is 2.27. The molecular formula is C17H30N2. The van der Waals surface area contributed by atoms with Gasteiger partial charge in [0.1, 0.15) is 0 Å². The largest absolute Gasteiger partial charge is 0.312 e. The molecule has 0 saturated carbocycles. The summed E-state index contributed by atoms with van der Waals surface area (Å²) in [6.45, 7) is 11.3. The second kappa shape index (κ2) is 6.53. The minimum atomic E-state index is 0.221. The molecule has 0 amide bonds. The maximum atomic E-state index is 3.47.